The molecule has 0 aromatic carbocycles. The number of aromatic nitrogens is 1. The summed E-state index contributed by atoms with van der Waals surface area (Å²) in [6.07, 6.45) is 2.08. The molecule has 1 heterocycles. The molecular formula is C12H19NO. The first-order chi connectivity index (χ1) is 6.38. The number of rotatable bonds is 2. The molecule has 1 atom stereocenters. The summed E-state index contributed by atoms with van der Waals surface area (Å²) in [5, 5.41) is 9.88. The van der Waals surface area contributed by atoms with E-state index in [1.807, 2.05) is 19.1 Å². The molecule has 0 fully saturated rings. The largest absolute Gasteiger partial charge is 0.387 e. The Morgan fingerprint density at radius 3 is 2.43 bits per heavy atom. The third kappa shape index (κ3) is 3.46. The molecule has 2 heteroatoms. The number of hydrogen-bond acceptors (Lipinski definition) is 2. The van der Waals surface area contributed by atoms with Crippen LogP contribution in [0.5, 0.6) is 0 Å². The van der Waals surface area contributed by atoms with Crippen molar-refractivity contribution in [3.8, 4) is 0 Å². The summed E-state index contributed by atoms with van der Waals surface area (Å²) in [6, 6.07) is 3.87. The van der Waals surface area contributed by atoms with Gasteiger partial charge in [0.15, 0.2) is 0 Å². The molecule has 0 saturated heterocycles. The number of nitrogens with zero attached hydrogens (tertiary/aromatic N) is 1. The molecule has 0 aliphatic rings. The number of aryl methyl sites for hydroxylation is 1. The minimum absolute atomic E-state index is 0.131. The van der Waals surface area contributed by atoms with Crippen molar-refractivity contribution in [1.82, 2.24) is 4.98 Å². The molecule has 0 aliphatic carbocycles. The van der Waals surface area contributed by atoms with Gasteiger partial charge in [0.2, 0.25) is 0 Å². The Labute approximate surface area is 86.0 Å². The molecule has 2 nitrogen and oxygen atoms in total. The fourth-order valence-electron chi connectivity index (χ4n) is 1.36. The van der Waals surface area contributed by atoms with Gasteiger partial charge in [-0.15, -0.1) is 0 Å². The van der Waals surface area contributed by atoms with Crippen molar-refractivity contribution < 1.29 is 5.11 Å². The van der Waals surface area contributed by atoms with Crippen molar-refractivity contribution in [2.75, 3.05) is 0 Å². The third-order valence-electron chi connectivity index (χ3n) is 2.08. The van der Waals surface area contributed by atoms with Gasteiger partial charge in [0.1, 0.15) is 0 Å². The minimum Gasteiger partial charge on any atom is -0.387 e. The summed E-state index contributed by atoms with van der Waals surface area (Å²) in [5.74, 6) is 0. The van der Waals surface area contributed by atoms with Crippen LogP contribution in [0.2, 0.25) is 0 Å². The average Bonchev–Trinajstić information content (AvgIpc) is 2.02. The lowest BCUT2D eigenvalue weighted by Gasteiger charge is -2.21. The molecule has 1 aromatic rings. The van der Waals surface area contributed by atoms with Crippen LogP contribution < -0.4 is 0 Å². The SMILES string of the molecule is Cc1ccc(C(O)CC(C)(C)C)nc1. The van der Waals surface area contributed by atoms with Crippen LogP contribution in [-0.2, 0) is 0 Å². The van der Waals surface area contributed by atoms with Gasteiger partial charge in [-0.25, -0.2) is 0 Å². The van der Waals surface area contributed by atoms with E-state index in [1.54, 1.807) is 6.20 Å². The van der Waals surface area contributed by atoms with Crippen LogP contribution in [0.15, 0.2) is 18.3 Å². The van der Waals surface area contributed by atoms with Crippen LogP contribution >= 0.6 is 0 Å². The van der Waals surface area contributed by atoms with Gasteiger partial charge in [-0.1, -0.05) is 26.8 Å². The second-order valence-electron chi connectivity index (χ2n) is 5.04. The Balaban J connectivity index is 2.70. The van der Waals surface area contributed by atoms with E-state index in [0.717, 1.165) is 17.7 Å². The van der Waals surface area contributed by atoms with Gasteiger partial charge in [-0.2, -0.15) is 0 Å². The van der Waals surface area contributed by atoms with E-state index < -0.39 is 6.10 Å². The Kier molecular flexibility index (Phi) is 3.27. The molecular weight excluding hydrogens is 174 g/mol. The molecule has 78 valence electrons. The van der Waals surface area contributed by atoms with Crippen molar-refractivity contribution in [3.63, 3.8) is 0 Å². The van der Waals surface area contributed by atoms with Crippen molar-refractivity contribution in [2.45, 2.75) is 40.2 Å². The van der Waals surface area contributed by atoms with Gasteiger partial charge < -0.3 is 5.11 Å². The van der Waals surface area contributed by atoms with Crippen LogP contribution in [-0.4, -0.2) is 10.1 Å². The maximum absolute atomic E-state index is 9.88. The fraction of sp³-hybridized carbons (Fsp3) is 0.583. The predicted octanol–water partition coefficient (Wildman–Crippen LogP) is 2.86. The molecule has 1 N–H and O–H groups in total. The second-order valence-corrected chi connectivity index (χ2v) is 5.04. The van der Waals surface area contributed by atoms with Crippen LogP contribution in [0.4, 0.5) is 0 Å². The van der Waals surface area contributed by atoms with Crippen LogP contribution in [0, 0.1) is 12.3 Å². The molecule has 1 aromatic heterocycles. The summed E-state index contributed by atoms with van der Waals surface area (Å²) >= 11 is 0. The van der Waals surface area contributed by atoms with Gasteiger partial charge in [-0.3, -0.25) is 4.98 Å². The molecule has 0 aliphatic heterocycles. The van der Waals surface area contributed by atoms with Crippen LogP contribution in [0.3, 0.4) is 0 Å². The molecule has 0 radical (unpaired) electrons. The van der Waals surface area contributed by atoms with E-state index in [4.69, 9.17) is 0 Å². The fourth-order valence-corrected chi connectivity index (χ4v) is 1.36. The van der Waals surface area contributed by atoms with E-state index in [9.17, 15) is 5.11 Å². The monoisotopic (exact) mass is 193 g/mol. The quantitative estimate of drug-likeness (QED) is 0.783. The Morgan fingerprint density at radius 2 is 2.00 bits per heavy atom. The zero-order valence-corrected chi connectivity index (χ0v) is 9.41. The van der Waals surface area contributed by atoms with E-state index in [-0.39, 0.29) is 5.41 Å². The van der Waals surface area contributed by atoms with Gasteiger partial charge in [0.05, 0.1) is 11.8 Å². The van der Waals surface area contributed by atoms with Gasteiger partial charge in [0, 0.05) is 6.20 Å². The predicted molar refractivity (Wildman–Crippen MR) is 58.0 cm³/mol. The third-order valence-corrected chi connectivity index (χ3v) is 2.08. The van der Waals surface area contributed by atoms with Crippen molar-refractivity contribution in [3.05, 3.63) is 29.6 Å². The maximum Gasteiger partial charge on any atom is 0.0964 e. The second kappa shape index (κ2) is 4.09. The Hall–Kier alpha value is -0.890. The van der Waals surface area contributed by atoms with E-state index in [1.165, 1.54) is 0 Å². The average molecular weight is 193 g/mol. The molecule has 0 bridgehead atoms. The van der Waals surface area contributed by atoms with E-state index in [2.05, 4.69) is 25.8 Å². The van der Waals surface area contributed by atoms with Crippen molar-refractivity contribution >= 4 is 0 Å². The summed E-state index contributed by atoms with van der Waals surface area (Å²) < 4.78 is 0. The van der Waals surface area contributed by atoms with Crippen molar-refractivity contribution in [2.24, 2.45) is 5.41 Å². The maximum atomic E-state index is 9.88. The number of hydrogen-bond donors (Lipinski definition) is 1. The highest BCUT2D eigenvalue weighted by atomic mass is 16.3. The lowest BCUT2D eigenvalue weighted by molar-refractivity contribution is 0.118. The Morgan fingerprint density at radius 1 is 1.36 bits per heavy atom. The van der Waals surface area contributed by atoms with Gasteiger partial charge in [0.25, 0.3) is 0 Å². The molecule has 14 heavy (non-hydrogen) atoms. The molecule has 0 amide bonds. The van der Waals surface area contributed by atoms with Crippen LogP contribution in [0.1, 0.15) is 44.6 Å². The zero-order valence-electron chi connectivity index (χ0n) is 9.41. The number of aliphatic hydroxyl groups is 1. The number of pyridine rings is 1. The van der Waals surface area contributed by atoms with Crippen molar-refractivity contribution in [1.29, 1.82) is 0 Å². The van der Waals surface area contributed by atoms with Gasteiger partial charge in [-0.05, 0) is 30.4 Å². The highest BCUT2D eigenvalue weighted by Crippen LogP contribution is 2.28. The lowest BCUT2D eigenvalue weighted by atomic mass is 9.88. The number of aliphatic hydroxyl groups excluding tert-OH is 1. The first-order valence-electron chi connectivity index (χ1n) is 4.99. The summed E-state index contributed by atoms with van der Waals surface area (Å²) in [4.78, 5) is 4.21. The molecule has 0 saturated carbocycles. The summed E-state index contributed by atoms with van der Waals surface area (Å²) in [7, 11) is 0. The van der Waals surface area contributed by atoms with E-state index >= 15 is 0 Å². The minimum atomic E-state index is -0.449. The highest BCUT2D eigenvalue weighted by Gasteiger charge is 2.18. The normalized spacial score (nSPS) is 14.1. The topological polar surface area (TPSA) is 33.1 Å². The molecule has 1 unspecified atom stereocenters. The lowest BCUT2D eigenvalue weighted by Crippen LogP contribution is -2.12. The van der Waals surface area contributed by atoms with E-state index in [0.29, 0.717) is 0 Å². The van der Waals surface area contributed by atoms with Gasteiger partial charge >= 0.3 is 0 Å². The molecule has 1 rings (SSSR count). The van der Waals surface area contributed by atoms with Crippen LogP contribution in [0.25, 0.3) is 0 Å². The Bertz CT molecular complexity index is 284. The standard InChI is InChI=1S/C12H19NO/c1-9-5-6-10(13-8-9)11(14)7-12(2,3)4/h5-6,8,11,14H,7H2,1-4H3. The first-order valence-corrected chi connectivity index (χ1v) is 4.99. The zero-order chi connectivity index (χ0) is 10.8. The summed E-state index contributed by atoms with van der Waals surface area (Å²) in [5.41, 5.74) is 2.02. The molecule has 0 spiro atoms. The summed E-state index contributed by atoms with van der Waals surface area (Å²) in [6.45, 7) is 8.34. The highest BCUT2D eigenvalue weighted by molar-refractivity contribution is 5.14. The smallest absolute Gasteiger partial charge is 0.0964 e. The first kappa shape index (κ1) is 11.2.